The zero-order chi connectivity index (χ0) is 22.9. The summed E-state index contributed by atoms with van der Waals surface area (Å²) >= 11 is 5.86. The summed E-state index contributed by atoms with van der Waals surface area (Å²) < 4.78 is 10.7. The number of halogens is 1. The van der Waals surface area contributed by atoms with Gasteiger partial charge in [0.15, 0.2) is 6.61 Å². The number of likely N-dealkylation sites (tertiary alicyclic amines) is 1. The maximum absolute atomic E-state index is 12.5. The lowest BCUT2D eigenvalue weighted by atomic mass is 9.96. The lowest BCUT2D eigenvalue weighted by Gasteiger charge is -2.31. The number of ether oxygens (including phenoxy) is 2. The number of hydrogen-bond acceptors (Lipinski definition) is 5. The van der Waals surface area contributed by atoms with Crippen LogP contribution in [0.3, 0.4) is 0 Å². The van der Waals surface area contributed by atoms with E-state index in [1.807, 2.05) is 31.2 Å². The summed E-state index contributed by atoms with van der Waals surface area (Å²) in [6.45, 7) is 3.21. The highest BCUT2D eigenvalue weighted by Gasteiger charge is 2.29. The van der Waals surface area contributed by atoms with E-state index in [4.69, 9.17) is 21.1 Å². The lowest BCUT2D eigenvalue weighted by molar-refractivity contribution is -0.153. The third-order valence-corrected chi connectivity index (χ3v) is 5.49. The number of benzene rings is 2. The summed E-state index contributed by atoms with van der Waals surface area (Å²) in [6, 6.07) is 14.4. The van der Waals surface area contributed by atoms with E-state index < -0.39 is 5.97 Å². The fraction of sp³-hybridized carbons (Fsp3) is 0.375. The highest BCUT2D eigenvalue weighted by Crippen LogP contribution is 2.21. The Morgan fingerprint density at radius 3 is 2.50 bits per heavy atom. The van der Waals surface area contributed by atoms with Crippen LogP contribution in [0.1, 0.15) is 28.8 Å². The molecular formula is C24H27ClN2O5. The van der Waals surface area contributed by atoms with Crippen LogP contribution >= 0.6 is 11.6 Å². The number of amides is 2. The molecule has 2 amide bonds. The maximum atomic E-state index is 12.5. The van der Waals surface area contributed by atoms with Crippen molar-refractivity contribution < 1.29 is 23.9 Å². The zero-order valence-corrected chi connectivity index (χ0v) is 18.8. The first kappa shape index (κ1) is 23.6. The van der Waals surface area contributed by atoms with Crippen LogP contribution in [-0.4, -0.2) is 55.5 Å². The molecule has 0 saturated carbocycles. The molecule has 1 saturated heterocycles. The molecule has 170 valence electrons. The Balaban J connectivity index is 1.32. The average Bonchev–Trinajstić information content (AvgIpc) is 2.80. The van der Waals surface area contributed by atoms with Gasteiger partial charge < -0.3 is 19.7 Å². The predicted octanol–water partition coefficient (Wildman–Crippen LogP) is 3.24. The van der Waals surface area contributed by atoms with Crippen molar-refractivity contribution in [3.8, 4) is 5.75 Å². The summed E-state index contributed by atoms with van der Waals surface area (Å²) in [6.07, 6.45) is 1.01. The second-order valence-electron chi connectivity index (χ2n) is 7.70. The van der Waals surface area contributed by atoms with Gasteiger partial charge in [-0.15, -0.1) is 0 Å². The largest absolute Gasteiger partial charge is 0.492 e. The lowest BCUT2D eigenvalue weighted by Crippen LogP contribution is -2.41. The zero-order valence-electron chi connectivity index (χ0n) is 18.0. The number of piperidine rings is 1. The first-order valence-electron chi connectivity index (χ1n) is 10.6. The van der Waals surface area contributed by atoms with E-state index in [2.05, 4.69) is 5.32 Å². The smallest absolute Gasteiger partial charge is 0.309 e. The molecular weight excluding hydrogens is 432 g/mol. The molecule has 2 aromatic carbocycles. The Hall–Kier alpha value is -3.06. The van der Waals surface area contributed by atoms with Crippen LogP contribution in [0.4, 0.5) is 0 Å². The Kier molecular flexibility index (Phi) is 8.50. The van der Waals surface area contributed by atoms with Crippen molar-refractivity contribution in [2.24, 2.45) is 5.92 Å². The monoisotopic (exact) mass is 458 g/mol. The first-order valence-corrected chi connectivity index (χ1v) is 11.0. The first-order chi connectivity index (χ1) is 15.4. The predicted molar refractivity (Wildman–Crippen MR) is 121 cm³/mol. The van der Waals surface area contributed by atoms with Crippen molar-refractivity contribution >= 4 is 29.4 Å². The van der Waals surface area contributed by atoms with Gasteiger partial charge in [0.25, 0.3) is 11.8 Å². The summed E-state index contributed by atoms with van der Waals surface area (Å²) in [5.74, 6) is -0.440. The van der Waals surface area contributed by atoms with Gasteiger partial charge in [-0.3, -0.25) is 14.4 Å². The van der Waals surface area contributed by atoms with Crippen LogP contribution in [0.2, 0.25) is 5.02 Å². The summed E-state index contributed by atoms with van der Waals surface area (Å²) in [5.41, 5.74) is 1.66. The minimum atomic E-state index is -0.408. The molecule has 32 heavy (non-hydrogen) atoms. The minimum absolute atomic E-state index is 0.0826. The van der Waals surface area contributed by atoms with Gasteiger partial charge >= 0.3 is 5.97 Å². The Bertz CT molecular complexity index is 940. The van der Waals surface area contributed by atoms with Gasteiger partial charge in [-0.25, -0.2) is 0 Å². The topological polar surface area (TPSA) is 84.9 Å². The van der Waals surface area contributed by atoms with Crippen LogP contribution in [0, 0.1) is 12.8 Å². The number of carbonyl (C=O) groups is 3. The number of rotatable bonds is 8. The van der Waals surface area contributed by atoms with Gasteiger partial charge in [-0.1, -0.05) is 23.7 Å². The van der Waals surface area contributed by atoms with Crippen LogP contribution in [0.25, 0.3) is 0 Å². The van der Waals surface area contributed by atoms with E-state index in [9.17, 15) is 14.4 Å². The third-order valence-electron chi connectivity index (χ3n) is 5.23. The molecule has 1 N–H and O–H groups in total. The van der Waals surface area contributed by atoms with Gasteiger partial charge in [0.1, 0.15) is 12.4 Å². The van der Waals surface area contributed by atoms with Crippen LogP contribution < -0.4 is 10.1 Å². The van der Waals surface area contributed by atoms with E-state index in [1.54, 1.807) is 29.2 Å². The number of carbonyl (C=O) groups excluding carboxylic acids is 3. The number of aryl methyl sites for hydroxylation is 1. The van der Waals surface area contributed by atoms with Crippen molar-refractivity contribution in [3.63, 3.8) is 0 Å². The van der Waals surface area contributed by atoms with Gasteiger partial charge in [-0.2, -0.15) is 0 Å². The van der Waals surface area contributed by atoms with Crippen molar-refractivity contribution in [2.45, 2.75) is 19.8 Å². The SMILES string of the molecule is Cc1cccc(OCCNC(=O)COC(=O)C2CCN(C(=O)c3ccc(Cl)cc3)CC2)c1. The molecule has 7 nitrogen and oxygen atoms in total. The van der Waals surface area contributed by atoms with E-state index in [-0.39, 0.29) is 24.3 Å². The summed E-state index contributed by atoms with van der Waals surface area (Å²) in [4.78, 5) is 38.5. The molecule has 0 aromatic heterocycles. The van der Waals surface area contributed by atoms with Crippen LogP contribution in [0.15, 0.2) is 48.5 Å². The highest BCUT2D eigenvalue weighted by molar-refractivity contribution is 6.30. The fourth-order valence-electron chi connectivity index (χ4n) is 3.46. The van der Waals surface area contributed by atoms with E-state index in [0.29, 0.717) is 49.7 Å². The van der Waals surface area contributed by atoms with Gasteiger partial charge in [-0.05, 0) is 61.7 Å². The number of nitrogens with one attached hydrogen (secondary N) is 1. The molecule has 0 bridgehead atoms. The molecule has 1 fully saturated rings. The Labute approximate surface area is 192 Å². The molecule has 3 rings (SSSR count). The van der Waals surface area contributed by atoms with Crippen molar-refractivity contribution in [3.05, 3.63) is 64.7 Å². The Morgan fingerprint density at radius 2 is 1.81 bits per heavy atom. The molecule has 1 aliphatic rings. The standard InChI is InChI=1S/C24H27ClN2O5/c1-17-3-2-4-21(15-17)31-14-11-26-22(28)16-32-24(30)19-9-12-27(13-10-19)23(29)18-5-7-20(25)8-6-18/h2-8,15,19H,9-14,16H2,1H3,(H,26,28). The molecule has 0 atom stereocenters. The number of esters is 1. The fourth-order valence-corrected chi connectivity index (χ4v) is 3.59. The molecule has 0 radical (unpaired) electrons. The molecule has 0 aliphatic carbocycles. The second kappa shape index (κ2) is 11.5. The van der Waals surface area contributed by atoms with Crippen molar-refractivity contribution in [2.75, 3.05) is 32.8 Å². The summed E-state index contributed by atoms with van der Waals surface area (Å²) in [5, 5.41) is 3.24. The molecule has 1 heterocycles. The molecule has 1 aliphatic heterocycles. The molecule has 2 aromatic rings. The van der Waals surface area contributed by atoms with E-state index in [0.717, 1.165) is 11.3 Å². The van der Waals surface area contributed by atoms with Gasteiger partial charge in [0.05, 0.1) is 12.5 Å². The molecule has 0 unspecified atom stereocenters. The maximum Gasteiger partial charge on any atom is 0.309 e. The number of nitrogens with zero attached hydrogens (tertiary/aromatic N) is 1. The van der Waals surface area contributed by atoms with Crippen LogP contribution in [0.5, 0.6) is 5.75 Å². The summed E-state index contributed by atoms with van der Waals surface area (Å²) in [7, 11) is 0. The van der Waals surface area contributed by atoms with Crippen molar-refractivity contribution in [1.29, 1.82) is 0 Å². The van der Waals surface area contributed by atoms with Gasteiger partial charge in [0, 0.05) is 23.7 Å². The number of hydrogen-bond donors (Lipinski definition) is 1. The second-order valence-corrected chi connectivity index (χ2v) is 8.13. The molecule has 8 heteroatoms. The minimum Gasteiger partial charge on any atom is -0.492 e. The Morgan fingerprint density at radius 1 is 1.09 bits per heavy atom. The van der Waals surface area contributed by atoms with E-state index >= 15 is 0 Å². The quantitative estimate of drug-likeness (QED) is 0.485. The normalized spacial score (nSPS) is 14.0. The van der Waals surface area contributed by atoms with E-state index in [1.165, 1.54) is 0 Å². The average molecular weight is 459 g/mol. The van der Waals surface area contributed by atoms with Crippen LogP contribution in [-0.2, 0) is 14.3 Å². The van der Waals surface area contributed by atoms with Crippen molar-refractivity contribution in [1.82, 2.24) is 10.2 Å². The molecule has 0 spiro atoms. The third kappa shape index (κ3) is 6.99. The highest BCUT2D eigenvalue weighted by atomic mass is 35.5. The van der Waals surface area contributed by atoms with Gasteiger partial charge in [0.2, 0.25) is 0 Å².